The molecule has 0 heterocycles. The summed E-state index contributed by atoms with van der Waals surface area (Å²) in [4.78, 5) is 0. The molecule has 0 amide bonds. The fourth-order valence-corrected chi connectivity index (χ4v) is 1.96. The Labute approximate surface area is 113 Å². The van der Waals surface area contributed by atoms with Crippen LogP contribution in [0.5, 0.6) is 0 Å². The number of hydrogen-bond donors (Lipinski definition) is 1. The molecule has 0 atom stereocenters. The van der Waals surface area contributed by atoms with E-state index in [1.54, 1.807) is 6.07 Å². The highest BCUT2D eigenvalue weighted by Gasteiger charge is 2.00. The third-order valence-corrected chi connectivity index (χ3v) is 2.97. The molecular formula is C13H19Cl2NO. The zero-order valence-corrected chi connectivity index (χ0v) is 11.7. The van der Waals surface area contributed by atoms with Gasteiger partial charge < -0.3 is 10.1 Å². The second-order valence-electron chi connectivity index (χ2n) is 3.85. The summed E-state index contributed by atoms with van der Waals surface area (Å²) in [7, 11) is 0. The molecule has 4 heteroatoms. The van der Waals surface area contributed by atoms with Gasteiger partial charge in [0.1, 0.15) is 0 Å². The smallest absolute Gasteiger partial charge is 0.0591 e. The Kier molecular flexibility index (Phi) is 7.62. The topological polar surface area (TPSA) is 21.3 Å². The van der Waals surface area contributed by atoms with Crippen LogP contribution in [0, 0.1) is 0 Å². The second kappa shape index (κ2) is 8.76. The minimum absolute atomic E-state index is 0.670. The number of hydrogen-bond acceptors (Lipinski definition) is 2. The lowest BCUT2D eigenvalue weighted by atomic mass is 10.2. The van der Waals surface area contributed by atoms with E-state index in [4.69, 9.17) is 27.9 Å². The zero-order chi connectivity index (χ0) is 12.5. The minimum Gasteiger partial charge on any atom is -0.380 e. The summed E-state index contributed by atoms with van der Waals surface area (Å²) in [5.74, 6) is 0. The average Bonchev–Trinajstić information content (AvgIpc) is 2.30. The van der Waals surface area contributed by atoms with Crippen LogP contribution in [-0.2, 0) is 11.2 Å². The van der Waals surface area contributed by atoms with Gasteiger partial charge in [0.2, 0.25) is 0 Å². The molecule has 0 saturated carbocycles. The Bertz CT molecular complexity index is 331. The van der Waals surface area contributed by atoms with E-state index in [1.807, 2.05) is 12.1 Å². The van der Waals surface area contributed by atoms with Crippen molar-refractivity contribution in [1.29, 1.82) is 0 Å². The molecule has 96 valence electrons. The summed E-state index contributed by atoms with van der Waals surface area (Å²) >= 11 is 11.9. The Morgan fingerprint density at radius 1 is 1.18 bits per heavy atom. The lowest BCUT2D eigenvalue weighted by Gasteiger charge is -2.07. The highest BCUT2D eigenvalue weighted by atomic mass is 35.5. The van der Waals surface area contributed by atoms with Crippen molar-refractivity contribution in [3.63, 3.8) is 0 Å². The normalized spacial score (nSPS) is 10.8. The lowest BCUT2D eigenvalue weighted by Crippen LogP contribution is -2.20. The van der Waals surface area contributed by atoms with Gasteiger partial charge in [0, 0.05) is 16.6 Å². The molecule has 0 bridgehead atoms. The highest BCUT2D eigenvalue weighted by Crippen LogP contribution is 2.21. The second-order valence-corrected chi connectivity index (χ2v) is 4.69. The van der Waals surface area contributed by atoms with E-state index in [0.717, 1.165) is 38.1 Å². The third-order valence-electron chi connectivity index (χ3n) is 2.38. The van der Waals surface area contributed by atoms with Crippen molar-refractivity contribution in [1.82, 2.24) is 5.32 Å². The molecule has 0 unspecified atom stereocenters. The maximum atomic E-state index is 6.06. The molecule has 2 nitrogen and oxygen atoms in total. The first-order chi connectivity index (χ1) is 8.24. The molecule has 0 saturated heterocycles. The monoisotopic (exact) mass is 275 g/mol. The van der Waals surface area contributed by atoms with Gasteiger partial charge in [-0.3, -0.25) is 0 Å². The van der Waals surface area contributed by atoms with Crippen molar-refractivity contribution >= 4 is 23.2 Å². The molecule has 0 aliphatic carbocycles. The van der Waals surface area contributed by atoms with Crippen molar-refractivity contribution in [2.75, 3.05) is 26.3 Å². The SMILES string of the molecule is CCCNCCOCCc1ccc(Cl)cc1Cl. The molecule has 17 heavy (non-hydrogen) atoms. The van der Waals surface area contributed by atoms with E-state index in [0.29, 0.717) is 16.7 Å². The van der Waals surface area contributed by atoms with Crippen LogP contribution in [0.1, 0.15) is 18.9 Å². The van der Waals surface area contributed by atoms with Gasteiger partial charge in [-0.15, -0.1) is 0 Å². The number of halogens is 2. The molecule has 1 rings (SSSR count). The number of rotatable bonds is 8. The van der Waals surface area contributed by atoms with Gasteiger partial charge in [-0.25, -0.2) is 0 Å². The molecule has 1 N–H and O–H groups in total. The van der Waals surface area contributed by atoms with Crippen LogP contribution in [0.3, 0.4) is 0 Å². The maximum absolute atomic E-state index is 6.06. The van der Waals surface area contributed by atoms with E-state index in [-0.39, 0.29) is 0 Å². The third kappa shape index (κ3) is 6.27. The first kappa shape index (κ1) is 14.8. The largest absolute Gasteiger partial charge is 0.380 e. The van der Waals surface area contributed by atoms with Gasteiger partial charge in [-0.1, -0.05) is 36.2 Å². The van der Waals surface area contributed by atoms with Crippen LogP contribution in [0.15, 0.2) is 18.2 Å². The van der Waals surface area contributed by atoms with Gasteiger partial charge in [0.25, 0.3) is 0 Å². The quantitative estimate of drug-likeness (QED) is 0.733. The molecule has 0 aliphatic heterocycles. The molecule has 0 aromatic heterocycles. The van der Waals surface area contributed by atoms with E-state index in [9.17, 15) is 0 Å². The van der Waals surface area contributed by atoms with Crippen LogP contribution in [0.25, 0.3) is 0 Å². The number of benzene rings is 1. The maximum Gasteiger partial charge on any atom is 0.0591 e. The molecule has 1 aromatic carbocycles. The van der Waals surface area contributed by atoms with Gasteiger partial charge >= 0.3 is 0 Å². The Morgan fingerprint density at radius 2 is 2.00 bits per heavy atom. The van der Waals surface area contributed by atoms with Crippen LogP contribution >= 0.6 is 23.2 Å². The molecule has 0 radical (unpaired) electrons. The summed E-state index contributed by atoms with van der Waals surface area (Å²) in [5.41, 5.74) is 1.08. The fourth-order valence-electron chi connectivity index (χ4n) is 1.45. The van der Waals surface area contributed by atoms with Crippen molar-refractivity contribution in [2.24, 2.45) is 0 Å². The van der Waals surface area contributed by atoms with Gasteiger partial charge in [-0.2, -0.15) is 0 Å². The molecule has 1 aromatic rings. The predicted molar refractivity (Wildman–Crippen MR) is 74.1 cm³/mol. The van der Waals surface area contributed by atoms with E-state index < -0.39 is 0 Å². The van der Waals surface area contributed by atoms with Crippen molar-refractivity contribution in [3.8, 4) is 0 Å². The van der Waals surface area contributed by atoms with Crippen LogP contribution in [0.4, 0.5) is 0 Å². The van der Waals surface area contributed by atoms with Gasteiger partial charge in [0.05, 0.1) is 13.2 Å². The van der Waals surface area contributed by atoms with Crippen molar-refractivity contribution in [2.45, 2.75) is 19.8 Å². The van der Waals surface area contributed by atoms with Crippen LogP contribution in [0.2, 0.25) is 10.0 Å². The summed E-state index contributed by atoms with van der Waals surface area (Å²) in [6.07, 6.45) is 1.98. The zero-order valence-electron chi connectivity index (χ0n) is 10.1. The van der Waals surface area contributed by atoms with Gasteiger partial charge in [-0.05, 0) is 37.1 Å². The van der Waals surface area contributed by atoms with Crippen molar-refractivity contribution < 1.29 is 4.74 Å². The first-order valence-corrected chi connectivity index (χ1v) is 6.72. The minimum atomic E-state index is 0.670. The average molecular weight is 276 g/mol. The Morgan fingerprint density at radius 3 is 2.71 bits per heavy atom. The number of nitrogens with one attached hydrogen (secondary N) is 1. The van der Waals surface area contributed by atoms with Crippen molar-refractivity contribution in [3.05, 3.63) is 33.8 Å². The van der Waals surface area contributed by atoms with Crippen LogP contribution < -0.4 is 5.32 Å². The Hall–Kier alpha value is -0.280. The predicted octanol–water partition coefficient (Wildman–Crippen LogP) is 3.55. The lowest BCUT2D eigenvalue weighted by molar-refractivity contribution is 0.139. The van der Waals surface area contributed by atoms with E-state index >= 15 is 0 Å². The summed E-state index contributed by atoms with van der Waals surface area (Å²) in [5, 5.41) is 4.67. The van der Waals surface area contributed by atoms with E-state index in [2.05, 4.69) is 12.2 Å². The summed E-state index contributed by atoms with van der Waals surface area (Å²) < 4.78 is 5.52. The summed E-state index contributed by atoms with van der Waals surface area (Å²) in [6.45, 7) is 5.53. The highest BCUT2D eigenvalue weighted by molar-refractivity contribution is 6.35. The Balaban J connectivity index is 2.14. The molecular weight excluding hydrogens is 257 g/mol. The van der Waals surface area contributed by atoms with Crippen LogP contribution in [-0.4, -0.2) is 26.3 Å². The molecule has 0 aliphatic rings. The van der Waals surface area contributed by atoms with Gasteiger partial charge in [0.15, 0.2) is 0 Å². The summed E-state index contributed by atoms with van der Waals surface area (Å²) in [6, 6.07) is 5.57. The first-order valence-electron chi connectivity index (χ1n) is 5.96. The standard InChI is InChI=1S/C13H19Cl2NO/c1-2-6-16-7-9-17-8-5-11-3-4-12(14)10-13(11)15/h3-4,10,16H,2,5-9H2,1H3. The van der Waals surface area contributed by atoms with E-state index in [1.165, 1.54) is 0 Å². The number of ether oxygens (including phenoxy) is 1. The molecule has 0 spiro atoms. The fraction of sp³-hybridized carbons (Fsp3) is 0.538. The molecule has 0 fully saturated rings.